The summed E-state index contributed by atoms with van der Waals surface area (Å²) in [6.07, 6.45) is 5.35. The van der Waals surface area contributed by atoms with E-state index < -0.39 is 0 Å². The lowest BCUT2D eigenvalue weighted by Crippen LogP contribution is -2.30. The van der Waals surface area contributed by atoms with Crippen molar-refractivity contribution in [3.8, 4) is 0 Å². The van der Waals surface area contributed by atoms with Crippen LogP contribution in [0, 0.1) is 5.92 Å². The van der Waals surface area contributed by atoms with Gasteiger partial charge < -0.3 is 5.73 Å². The number of hydrogen-bond donors (Lipinski definition) is 1. The third-order valence-corrected chi connectivity index (χ3v) is 2.18. The van der Waals surface area contributed by atoms with Gasteiger partial charge in [0.1, 0.15) is 0 Å². The monoisotopic (exact) mass is 113 g/mol. The summed E-state index contributed by atoms with van der Waals surface area (Å²) in [5, 5.41) is 0. The lowest BCUT2D eigenvalue weighted by molar-refractivity contribution is 0.331. The molecule has 0 spiro atoms. The van der Waals surface area contributed by atoms with Gasteiger partial charge in [-0.1, -0.05) is 19.8 Å². The molecule has 2 atom stereocenters. The Bertz CT molecular complexity index is 60.8. The van der Waals surface area contributed by atoms with E-state index in [1.165, 1.54) is 25.7 Å². The molecular formula is C7H15N. The summed E-state index contributed by atoms with van der Waals surface area (Å²) >= 11 is 0. The van der Waals surface area contributed by atoms with Crippen LogP contribution in [-0.2, 0) is 0 Å². The first-order valence-electron chi connectivity index (χ1n) is 3.56. The maximum absolute atomic E-state index is 5.78. The van der Waals surface area contributed by atoms with Crippen LogP contribution >= 0.6 is 0 Å². The summed E-state index contributed by atoms with van der Waals surface area (Å²) in [6, 6.07) is 0.503. The molecule has 1 rings (SSSR count). The molecule has 0 aromatic rings. The van der Waals surface area contributed by atoms with Gasteiger partial charge in [-0.3, -0.25) is 0 Å². The van der Waals surface area contributed by atoms with Gasteiger partial charge in [-0.15, -0.1) is 0 Å². The Hall–Kier alpha value is -0.0400. The third-order valence-electron chi connectivity index (χ3n) is 2.18. The second kappa shape index (κ2) is 2.49. The quantitative estimate of drug-likeness (QED) is 0.506. The maximum atomic E-state index is 5.78. The maximum Gasteiger partial charge on any atom is 0.00645 e. The molecule has 1 heteroatoms. The molecule has 1 nitrogen and oxygen atoms in total. The highest BCUT2D eigenvalue weighted by Crippen LogP contribution is 2.21. The molecule has 0 radical (unpaired) electrons. The predicted molar refractivity (Wildman–Crippen MR) is 35.6 cm³/mol. The van der Waals surface area contributed by atoms with E-state index in [-0.39, 0.29) is 0 Å². The van der Waals surface area contributed by atoms with Gasteiger partial charge in [0.25, 0.3) is 0 Å². The average Bonchev–Trinajstić information content (AvgIpc) is 1.77. The topological polar surface area (TPSA) is 26.0 Å². The Labute approximate surface area is 51.3 Å². The molecule has 8 heavy (non-hydrogen) atoms. The van der Waals surface area contributed by atoms with E-state index in [0.717, 1.165) is 5.92 Å². The SMILES string of the molecule is C[C@H]1CCCCC1N. The molecule has 2 N–H and O–H groups in total. The van der Waals surface area contributed by atoms with Gasteiger partial charge >= 0.3 is 0 Å². The van der Waals surface area contributed by atoms with Crippen LogP contribution in [0.1, 0.15) is 32.6 Å². The molecule has 1 aliphatic carbocycles. The zero-order chi connectivity index (χ0) is 5.98. The first-order chi connectivity index (χ1) is 3.80. The summed E-state index contributed by atoms with van der Waals surface area (Å²) in [4.78, 5) is 0. The van der Waals surface area contributed by atoms with E-state index in [0.29, 0.717) is 6.04 Å². The van der Waals surface area contributed by atoms with Crippen LogP contribution < -0.4 is 5.73 Å². The van der Waals surface area contributed by atoms with Crippen molar-refractivity contribution in [1.82, 2.24) is 0 Å². The Kier molecular flexibility index (Phi) is 1.90. The van der Waals surface area contributed by atoms with E-state index in [9.17, 15) is 0 Å². The highest BCUT2D eigenvalue weighted by atomic mass is 14.6. The summed E-state index contributed by atoms with van der Waals surface area (Å²) < 4.78 is 0. The third kappa shape index (κ3) is 1.22. The Morgan fingerprint density at radius 3 is 2.25 bits per heavy atom. The largest absolute Gasteiger partial charge is 0.327 e. The van der Waals surface area contributed by atoms with Crippen LogP contribution in [0.25, 0.3) is 0 Å². The Morgan fingerprint density at radius 2 is 1.88 bits per heavy atom. The van der Waals surface area contributed by atoms with Gasteiger partial charge in [0.05, 0.1) is 0 Å². The van der Waals surface area contributed by atoms with Crippen LogP contribution in [0.5, 0.6) is 0 Å². The first-order valence-corrected chi connectivity index (χ1v) is 3.56. The fraction of sp³-hybridized carbons (Fsp3) is 1.00. The molecular weight excluding hydrogens is 98.1 g/mol. The van der Waals surface area contributed by atoms with Crippen molar-refractivity contribution in [2.75, 3.05) is 0 Å². The smallest absolute Gasteiger partial charge is 0.00645 e. The van der Waals surface area contributed by atoms with E-state index in [1.54, 1.807) is 0 Å². The molecule has 1 aliphatic rings. The predicted octanol–water partition coefficient (Wildman–Crippen LogP) is 1.52. The number of hydrogen-bond acceptors (Lipinski definition) is 1. The molecule has 0 aromatic carbocycles. The molecule has 0 amide bonds. The van der Waals surface area contributed by atoms with Crippen molar-refractivity contribution >= 4 is 0 Å². The van der Waals surface area contributed by atoms with Crippen LogP contribution in [0.2, 0.25) is 0 Å². The van der Waals surface area contributed by atoms with Crippen molar-refractivity contribution in [1.29, 1.82) is 0 Å². The van der Waals surface area contributed by atoms with Gasteiger partial charge in [-0.05, 0) is 18.8 Å². The molecule has 0 aliphatic heterocycles. The van der Waals surface area contributed by atoms with Gasteiger partial charge in [-0.2, -0.15) is 0 Å². The zero-order valence-corrected chi connectivity index (χ0v) is 5.56. The van der Waals surface area contributed by atoms with Crippen LogP contribution in [-0.4, -0.2) is 6.04 Å². The molecule has 0 heterocycles. The fourth-order valence-corrected chi connectivity index (χ4v) is 1.34. The molecule has 0 bridgehead atoms. The lowest BCUT2D eigenvalue weighted by atomic mass is 9.87. The standard InChI is InChI=1S/C7H15N/c1-6-4-2-3-5-7(6)8/h6-7H,2-5,8H2,1H3/t6-,7?/m0/s1. The van der Waals surface area contributed by atoms with Crippen molar-refractivity contribution in [2.24, 2.45) is 11.7 Å². The lowest BCUT2D eigenvalue weighted by Gasteiger charge is -2.24. The molecule has 48 valence electrons. The van der Waals surface area contributed by atoms with Crippen molar-refractivity contribution in [3.05, 3.63) is 0 Å². The van der Waals surface area contributed by atoms with Crippen molar-refractivity contribution < 1.29 is 0 Å². The van der Waals surface area contributed by atoms with Crippen LogP contribution in [0.4, 0.5) is 0 Å². The van der Waals surface area contributed by atoms with E-state index >= 15 is 0 Å². The van der Waals surface area contributed by atoms with Gasteiger partial charge in [0.2, 0.25) is 0 Å². The van der Waals surface area contributed by atoms with Crippen LogP contribution in [0.3, 0.4) is 0 Å². The minimum atomic E-state index is 0.503. The van der Waals surface area contributed by atoms with E-state index in [1.807, 2.05) is 0 Å². The number of rotatable bonds is 0. The second-order valence-corrected chi connectivity index (χ2v) is 2.93. The van der Waals surface area contributed by atoms with E-state index in [4.69, 9.17) is 5.73 Å². The molecule has 0 saturated heterocycles. The molecule has 0 aromatic heterocycles. The summed E-state index contributed by atoms with van der Waals surface area (Å²) in [5.74, 6) is 0.781. The highest BCUT2D eigenvalue weighted by Gasteiger charge is 2.15. The normalized spacial score (nSPS) is 39.8. The Balaban J connectivity index is 2.28. The highest BCUT2D eigenvalue weighted by molar-refractivity contribution is 4.73. The van der Waals surface area contributed by atoms with Crippen molar-refractivity contribution in [2.45, 2.75) is 38.6 Å². The van der Waals surface area contributed by atoms with Crippen LogP contribution in [0.15, 0.2) is 0 Å². The van der Waals surface area contributed by atoms with Gasteiger partial charge in [0.15, 0.2) is 0 Å². The van der Waals surface area contributed by atoms with Gasteiger partial charge in [-0.25, -0.2) is 0 Å². The minimum Gasteiger partial charge on any atom is -0.327 e. The number of nitrogens with two attached hydrogens (primary N) is 1. The zero-order valence-electron chi connectivity index (χ0n) is 5.56. The molecule has 1 fully saturated rings. The van der Waals surface area contributed by atoms with Gasteiger partial charge in [0, 0.05) is 6.04 Å². The average molecular weight is 113 g/mol. The summed E-state index contributed by atoms with van der Waals surface area (Å²) in [5.41, 5.74) is 5.78. The fourth-order valence-electron chi connectivity index (χ4n) is 1.34. The first kappa shape index (κ1) is 6.09. The second-order valence-electron chi connectivity index (χ2n) is 2.93. The van der Waals surface area contributed by atoms with E-state index in [2.05, 4.69) is 6.92 Å². The summed E-state index contributed by atoms with van der Waals surface area (Å²) in [6.45, 7) is 2.25. The molecule has 1 saturated carbocycles. The summed E-state index contributed by atoms with van der Waals surface area (Å²) in [7, 11) is 0. The molecule has 1 unspecified atom stereocenters. The minimum absolute atomic E-state index is 0.503. The Morgan fingerprint density at radius 1 is 1.25 bits per heavy atom. The van der Waals surface area contributed by atoms with Crippen molar-refractivity contribution in [3.63, 3.8) is 0 Å².